The van der Waals surface area contributed by atoms with Crippen molar-refractivity contribution in [2.75, 3.05) is 18.5 Å². The third kappa shape index (κ3) is 5.17. The van der Waals surface area contributed by atoms with Crippen LogP contribution in [0.1, 0.15) is 45.9 Å². The van der Waals surface area contributed by atoms with Gasteiger partial charge in [0, 0.05) is 19.6 Å². The molecule has 0 bridgehead atoms. The minimum atomic E-state index is 0.424. The van der Waals surface area contributed by atoms with Gasteiger partial charge in [-0.3, -0.25) is 0 Å². The van der Waals surface area contributed by atoms with Gasteiger partial charge in [-0.1, -0.05) is 38.7 Å². The molecule has 0 atom stereocenters. The van der Waals surface area contributed by atoms with Gasteiger partial charge in [-0.2, -0.15) is 0 Å². The highest BCUT2D eigenvalue weighted by Gasteiger charge is 2.10. The monoisotopic (exact) mass is 240 g/mol. The minimum absolute atomic E-state index is 0.424. The van der Waals surface area contributed by atoms with E-state index >= 15 is 0 Å². The van der Waals surface area contributed by atoms with E-state index in [1.165, 1.54) is 12.8 Å². The average molecular weight is 240 g/mol. The van der Waals surface area contributed by atoms with Gasteiger partial charge in [-0.05, 0) is 6.42 Å². The molecule has 0 aliphatic rings. The van der Waals surface area contributed by atoms with Gasteiger partial charge in [-0.25, -0.2) is 0 Å². The molecule has 0 aromatic carbocycles. The van der Waals surface area contributed by atoms with Crippen LogP contribution in [0.4, 0.5) is 6.01 Å². The summed E-state index contributed by atoms with van der Waals surface area (Å²) >= 11 is 0. The topological polar surface area (TPSA) is 54.2 Å². The zero-order valence-corrected chi connectivity index (χ0v) is 11.4. The highest BCUT2D eigenvalue weighted by atomic mass is 16.4. The van der Waals surface area contributed by atoms with Crippen LogP contribution in [0.2, 0.25) is 0 Å². The van der Waals surface area contributed by atoms with Gasteiger partial charge in [0.05, 0.1) is 6.54 Å². The van der Waals surface area contributed by atoms with Crippen LogP contribution in [0.5, 0.6) is 0 Å². The van der Waals surface area contributed by atoms with Crippen LogP contribution in [0.25, 0.3) is 0 Å². The Labute approximate surface area is 104 Å². The number of aromatic nitrogens is 2. The Bertz CT molecular complexity index is 311. The lowest BCUT2D eigenvalue weighted by Crippen LogP contribution is -2.22. The summed E-state index contributed by atoms with van der Waals surface area (Å²) < 4.78 is 5.57. The summed E-state index contributed by atoms with van der Waals surface area (Å²) in [6, 6.07) is 1.04. The average Bonchev–Trinajstić information content (AvgIpc) is 2.75. The van der Waals surface area contributed by atoms with Crippen LogP contribution in [0.15, 0.2) is 4.42 Å². The first-order chi connectivity index (χ1) is 8.13. The van der Waals surface area contributed by atoms with Gasteiger partial charge >= 0.3 is 6.01 Å². The first-order valence-electron chi connectivity index (χ1n) is 6.40. The molecular weight excluding hydrogens is 216 g/mol. The minimum Gasteiger partial charge on any atom is -0.407 e. The molecule has 5 nitrogen and oxygen atoms in total. The van der Waals surface area contributed by atoms with E-state index < -0.39 is 0 Å². The third-order valence-corrected chi connectivity index (χ3v) is 2.54. The van der Waals surface area contributed by atoms with Crippen LogP contribution < -0.4 is 10.2 Å². The maximum Gasteiger partial charge on any atom is 0.317 e. The fraction of sp³-hybridized carbons (Fsp3) is 0.833. The summed E-state index contributed by atoms with van der Waals surface area (Å²) in [4.78, 5) is 2.02. The number of rotatable bonds is 8. The molecule has 0 saturated carbocycles. The molecule has 0 unspecified atom stereocenters. The maximum atomic E-state index is 5.57. The molecule has 1 aromatic heterocycles. The Kier molecular flexibility index (Phi) is 5.97. The van der Waals surface area contributed by atoms with Crippen LogP contribution in [-0.4, -0.2) is 29.8 Å². The second-order valence-electron chi connectivity index (χ2n) is 4.64. The molecule has 98 valence electrons. The van der Waals surface area contributed by atoms with Crippen LogP contribution >= 0.6 is 0 Å². The highest BCUT2D eigenvalue weighted by Crippen LogP contribution is 2.11. The van der Waals surface area contributed by atoms with Crippen LogP contribution in [0, 0.1) is 0 Å². The van der Waals surface area contributed by atoms with Gasteiger partial charge in [0.1, 0.15) is 0 Å². The van der Waals surface area contributed by atoms with E-state index in [-0.39, 0.29) is 0 Å². The Hall–Kier alpha value is -1.10. The highest BCUT2D eigenvalue weighted by molar-refractivity contribution is 5.21. The second kappa shape index (κ2) is 7.27. The molecule has 17 heavy (non-hydrogen) atoms. The van der Waals surface area contributed by atoms with Crippen molar-refractivity contribution in [3.8, 4) is 0 Å². The summed E-state index contributed by atoms with van der Waals surface area (Å²) in [7, 11) is 1.99. The smallest absolute Gasteiger partial charge is 0.317 e. The molecule has 0 spiro atoms. The van der Waals surface area contributed by atoms with E-state index in [0.29, 0.717) is 24.5 Å². The lowest BCUT2D eigenvalue weighted by atomic mass is 10.2. The summed E-state index contributed by atoms with van der Waals surface area (Å²) in [5.74, 6) is 0.649. The van der Waals surface area contributed by atoms with Crippen molar-refractivity contribution in [1.82, 2.24) is 15.5 Å². The number of nitrogens with zero attached hydrogens (tertiary/aromatic N) is 3. The molecule has 0 fully saturated rings. The standard InChI is InChI=1S/C12H24N4O/c1-5-6-7-8-16(4)12-15-14-11(17-12)9-13-10(2)3/h10,13H,5-9H2,1-4H3. The molecule has 0 radical (unpaired) electrons. The van der Waals surface area contributed by atoms with Gasteiger partial charge in [0.15, 0.2) is 0 Å². The summed E-state index contributed by atoms with van der Waals surface area (Å²) in [5, 5.41) is 11.3. The summed E-state index contributed by atoms with van der Waals surface area (Å²) in [6.07, 6.45) is 3.62. The number of anilines is 1. The maximum absolute atomic E-state index is 5.57. The van der Waals surface area contributed by atoms with E-state index in [1.807, 2.05) is 11.9 Å². The van der Waals surface area contributed by atoms with Crippen LogP contribution in [0.3, 0.4) is 0 Å². The molecule has 1 rings (SSSR count). The molecule has 0 aliphatic heterocycles. The SMILES string of the molecule is CCCCCN(C)c1nnc(CNC(C)C)o1. The van der Waals surface area contributed by atoms with Gasteiger partial charge in [0.2, 0.25) is 5.89 Å². The first-order valence-corrected chi connectivity index (χ1v) is 6.40. The molecule has 0 aliphatic carbocycles. The van der Waals surface area contributed by atoms with Crippen molar-refractivity contribution in [3.63, 3.8) is 0 Å². The number of nitrogens with one attached hydrogen (secondary N) is 1. The van der Waals surface area contributed by atoms with Gasteiger partial charge in [0.25, 0.3) is 0 Å². The number of hydrogen-bond acceptors (Lipinski definition) is 5. The molecule has 1 heterocycles. The Morgan fingerprint density at radius 1 is 1.29 bits per heavy atom. The van der Waals surface area contributed by atoms with E-state index in [1.54, 1.807) is 0 Å². The molecule has 5 heteroatoms. The largest absolute Gasteiger partial charge is 0.407 e. The fourth-order valence-electron chi connectivity index (χ4n) is 1.46. The molecule has 0 saturated heterocycles. The van der Waals surface area contributed by atoms with E-state index in [4.69, 9.17) is 4.42 Å². The lowest BCUT2D eigenvalue weighted by Gasteiger charge is -2.12. The number of unbranched alkanes of at least 4 members (excludes halogenated alkanes) is 2. The Morgan fingerprint density at radius 3 is 2.71 bits per heavy atom. The second-order valence-corrected chi connectivity index (χ2v) is 4.64. The van der Waals surface area contributed by atoms with Crippen LogP contribution in [-0.2, 0) is 6.54 Å². The molecular formula is C12H24N4O. The van der Waals surface area contributed by atoms with E-state index in [2.05, 4.69) is 36.3 Å². The third-order valence-electron chi connectivity index (χ3n) is 2.54. The lowest BCUT2D eigenvalue weighted by molar-refractivity contribution is 0.448. The Balaban J connectivity index is 2.38. The van der Waals surface area contributed by atoms with Crippen molar-refractivity contribution in [3.05, 3.63) is 5.89 Å². The fourth-order valence-corrected chi connectivity index (χ4v) is 1.46. The van der Waals surface area contributed by atoms with Crippen molar-refractivity contribution < 1.29 is 4.42 Å². The predicted molar refractivity (Wildman–Crippen MR) is 69.1 cm³/mol. The van der Waals surface area contributed by atoms with E-state index in [9.17, 15) is 0 Å². The van der Waals surface area contributed by atoms with Crippen molar-refractivity contribution >= 4 is 6.01 Å². The van der Waals surface area contributed by atoms with Crippen molar-refractivity contribution in [2.45, 2.75) is 52.6 Å². The zero-order valence-electron chi connectivity index (χ0n) is 11.4. The first kappa shape index (κ1) is 14.0. The normalized spacial score (nSPS) is 11.1. The summed E-state index contributed by atoms with van der Waals surface area (Å²) in [6.45, 7) is 7.98. The zero-order chi connectivity index (χ0) is 12.7. The van der Waals surface area contributed by atoms with Crippen molar-refractivity contribution in [2.24, 2.45) is 0 Å². The quantitative estimate of drug-likeness (QED) is 0.706. The molecule has 1 aromatic rings. The van der Waals surface area contributed by atoms with Gasteiger partial charge in [-0.15, -0.1) is 5.10 Å². The number of hydrogen-bond donors (Lipinski definition) is 1. The molecule has 0 amide bonds. The summed E-state index contributed by atoms with van der Waals surface area (Å²) in [5.41, 5.74) is 0. The Morgan fingerprint density at radius 2 is 2.06 bits per heavy atom. The molecule has 1 N–H and O–H groups in total. The van der Waals surface area contributed by atoms with E-state index in [0.717, 1.165) is 13.0 Å². The van der Waals surface area contributed by atoms with Crippen molar-refractivity contribution in [1.29, 1.82) is 0 Å². The van der Waals surface area contributed by atoms with Gasteiger partial charge < -0.3 is 14.6 Å². The predicted octanol–water partition coefficient (Wildman–Crippen LogP) is 2.19.